The molecule has 2 aromatic carbocycles. The molecule has 2 N–H and O–H groups in total. The van der Waals surface area contributed by atoms with Crippen molar-refractivity contribution in [2.24, 2.45) is 5.41 Å². The third kappa shape index (κ3) is 2.27. The Morgan fingerprint density at radius 1 is 1.10 bits per heavy atom. The first kappa shape index (κ1) is 13.6. The minimum Gasteiger partial charge on any atom is -0.375 e. The fourth-order valence-corrected chi connectivity index (χ4v) is 2.66. The van der Waals surface area contributed by atoms with E-state index in [0.717, 1.165) is 11.3 Å². The Hall–Kier alpha value is -2.36. The van der Waals surface area contributed by atoms with E-state index in [0.29, 0.717) is 5.69 Å². The highest BCUT2D eigenvalue weighted by molar-refractivity contribution is 5.99. The van der Waals surface area contributed by atoms with Crippen LogP contribution in [0.25, 0.3) is 0 Å². The highest BCUT2D eigenvalue weighted by Crippen LogP contribution is 2.44. The quantitative estimate of drug-likeness (QED) is 0.876. The number of rotatable bonds is 2. The number of hydrogen-bond acceptors (Lipinski definition) is 2. The third-order valence-corrected chi connectivity index (χ3v) is 4.00. The lowest BCUT2D eigenvalue weighted by Gasteiger charge is -2.39. The van der Waals surface area contributed by atoms with Crippen LogP contribution < -0.4 is 10.6 Å². The number of hydrogen-bond donors (Lipinski definition) is 2. The van der Waals surface area contributed by atoms with Gasteiger partial charge >= 0.3 is 0 Å². The summed E-state index contributed by atoms with van der Waals surface area (Å²) < 4.78 is 13.9. The molecule has 1 aliphatic heterocycles. The van der Waals surface area contributed by atoms with Crippen LogP contribution in [0.5, 0.6) is 0 Å². The molecule has 3 rings (SSSR count). The van der Waals surface area contributed by atoms with Crippen molar-refractivity contribution >= 4 is 17.3 Å². The summed E-state index contributed by atoms with van der Waals surface area (Å²) in [6.07, 6.45) is 0. The van der Waals surface area contributed by atoms with Crippen LogP contribution >= 0.6 is 0 Å². The lowest BCUT2D eigenvalue weighted by molar-refractivity contribution is -0.125. The van der Waals surface area contributed by atoms with Crippen LogP contribution in [-0.2, 0) is 4.79 Å². The minimum absolute atomic E-state index is 0.0740. The number of amides is 1. The van der Waals surface area contributed by atoms with E-state index in [-0.39, 0.29) is 17.8 Å². The number of fused-ring (bicyclic) bond motifs is 1. The van der Waals surface area contributed by atoms with Crippen LogP contribution in [0.3, 0.4) is 0 Å². The molecule has 0 spiro atoms. The molecule has 1 aliphatic rings. The Morgan fingerprint density at radius 2 is 1.76 bits per heavy atom. The SMILES string of the molecule is CC1(C)C(=O)Nc2ccccc2C1Nc1ccccc1F. The van der Waals surface area contributed by atoms with Gasteiger partial charge in [-0.1, -0.05) is 30.3 Å². The van der Waals surface area contributed by atoms with Gasteiger partial charge in [0.15, 0.2) is 0 Å². The molecule has 0 aliphatic carbocycles. The van der Waals surface area contributed by atoms with Gasteiger partial charge in [0.25, 0.3) is 0 Å². The Kier molecular flexibility index (Phi) is 3.16. The van der Waals surface area contributed by atoms with Gasteiger partial charge in [0.1, 0.15) is 5.82 Å². The molecular formula is C17H17FN2O. The number of carbonyl (C=O) groups excluding carboxylic acids is 1. The molecule has 0 bridgehead atoms. The predicted octanol–water partition coefficient (Wildman–Crippen LogP) is 3.96. The Balaban J connectivity index is 2.06. The van der Waals surface area contributed by atoms with Crippen LogP contribution in [0.15, 0.2) is 48.5 Å². The number of benzene rings is 2. The molecule has 108 valence electrons. The maximum Gasteiger partial charge on any atom is 0.232 e. The van der Waals surface area contributed by atoms with Gasteiger partial charge in [-0.15, -0.1) is 0 Å². The van der Waals surface area contributed by atoms with Gasteiger partial charge in [0.05, 0.1) is 17.1 Å². The lowest BCUT2D eigenvalue weighted by Crippen LogP contribution is -2.43. The lowest BCUT2D eigenvalue weighted by atomic mass is 9.76. The monoisotopic (exact) mass is 284 g/mol. The van der Waals surface area contributed by atoms with E-state index in [1.807, 2.05) is 38.1 Å². The van der Waals surface area contributed by atoms with Crippen LogP contribution in [0.2, 0.25) is 0 Å². The van der Waals surface area contributed by atoms with E-state index in [1.54, 1.807) is 18.2 Å². The first-order chi connectivity index (χ1) is 10.00. The fraction of sp³-hybridized carbons (Fsp3) is 0.235. The first-order valence-electron chi connectivity index (χ1n) is 6.91. The largest absolute Gasteiger partial charge is 0.375 e. The van der Waals surface area contributed by atoms with E-state index < -0.39 is 5.41 Å². The van der Waals surface area contributed by atoms with Gasteiger partial charge in [-0.25, -0.2) is 4.39 Å². The summed E-state index contributed by atoms with van der Waals surface area (Å²) in [5, 5.41) is 6.10. The summed E-state index contributed by atoms with van der Waals surface area (Å²) in [5.74, 6) is -0.396. The summed E-state index contributed by atoms with van der Waals surface area (Å²) in [6.45, 7) is 3.72. The van der Waals surface area contributed by atoms with Crippen LogP contribution in [0.4, 0.5) is 15.8 Å². The van der Waals surface area contributed by atoms with Gasteiger partial charge in [-0.05, 0) is 37.6 Å². The van der Waals surface area contributed by atoms with Gasteiger partial charge < -0.3 is 10.6 Å². The van der Waals surface area contributed by atoms with E-state index in [9.17, 15) is 9.18 Å². The van der Waals surface area contributed by atoms with Crippen molar-refractivity contribution in [2.75, 3.05) is 10.6 Å². The van der Waals surface area contributed by atoms with E-state index in [2.05, 4.69) is 10.6 Å². The first-order valence-corrected chi connectivity index (χ1v) is 6.91. The van der Waals surface area contributed by atoms with Crippen molar-refractivity contribution in [1.82, 2.24) is 0 Å². The van der Waals surface area contributed by atoms with Gasteiger partial charge in [0, 0.05) is 5.69 Å². The molecule has 0 radical (unpaired) electrons. The average molecular weight is 284 g/mol. The van der Waals surface area contributed by atoms with Crippen molar-refractivity contribution in [1.29, 1.82) is 0 Å². The molecule has 2 aromatic rings. The van der Waals surface area contributed by atoms with Crippen LogP contribution in [0.1, 0.15) is 25.5 Å². The zero-order chi connectivity index (χ0) is 15.0. The molecule has 1 amide bonds. The zero-order valence-electron chi connectivity index (χ0n) is 12.0. The van der Waals surface area contributed by atoms with Gasteiger partial charge in [0.2, 0.25) is 5.91 Å². The van der Waals surface area contributed by atoms with Crippen molar-refractivity contribution in [3.8, 4) is 0 Å². The molecule has 0 aromatic heterocycles. The van der Waals surface area contributed by atoms with Crippen molar-refractivity contribution in [3.63, 3.8) is 0 Å². The molecule has 0 saturated heterocycles. The second-order valence-electron chi connectivity index (χ2n) is 5.82. The number of nitrogens with one attached hydrogen (secondary N) is 2. The summed E-state index contributed by atoms with van der Waals surface area (Å²) in [4.78, 5) is 12.3. The highest BCUT2D eigenvalue weighted by atomic mass is 19.1. The molecule has 0 fully saturated rings. The molecule has 1 unspecified atom stereocenters. The van der Waals surface area contributed by atoms with Crippen LogP contribution in [0, 0.1) is 11.2 Å². The number of halogens is 1. The van der Waals surface area contributed by atoms with Crippen molar-refractivity contribution in [3.05, 3.63) is 59.9 Å². The number of carbonyl (C=O) groups is 1. The molecule has 1 heterocycles. The summed E-state index contributed by atoms with van der Waals surface area (Å²) in [5.41, 5.74) is 1.46. The summed E-state index contributed by atoms with van der Waals surface area (Å²) >= 11 is 0. The molecule has 1 atom stereocenters. The molecule has 3 nitrogen and oxygen atoms in total. The summed E-state index contributed by atoms with van der Waals surface area (Å²) in [7, 11) is 0. The minimum atomic E-state index is -0.684. The Labute approximate surface area is 123 Å². The van der Waals surface area contributed by atoms with E-state index >= 15 is 0 Å². The fourth-order valence-electron chi connectivity index (χ4n) is 2.66. The predicted molar refractivity (Wildman–Crippen MR) is 81.6 cm³/mol. The number of para-hydroxylation sites is 2. The molecular weight excluding hydrogens is 267 g/mol. The molecule has 4 heteroatoms. The third-order valence-electron chi connectivity index (χ3n) is 4.00. The number of anilines is 2. The average Bonchev–Trinajstić information content (AvgIpc) is 2.46. The maximum atomic E-state index is 13.9. The molecule has 21 heavy (non-hydrogen) atoms. The van der Waals surface area contributed by atoms with Gasteiger partial charge in [-0.2, -0.15) is 0 Å². The smallest absolute Gasteiger partial charge is 0.232 e. The Bertz CT molecular complexity index is 697. The summed E-state index contributed by atoms with van der Waals surface area (Å²) in [6, 6.07) is 13.8. The van der Waals surface area contributed by atoms with Crippen molar-refractivity contribution < 1.29 is 9.18 Å². The van der Waals surface area contributed by atoms with Gasteiger partial charge in [-0.3, -0.25) is 4.79 Å². The second kappa shape index (κ2) is 4.88. The normalized spacial score (nSPS) is 19.6. The Morgan fingerprint density at radius 3 is 2.52 bits per heavy atom. The standard InChI is InChI=1S/C17H17FN2O/c1-17(2)15(19-14-10-6-4-8-12(14)18)11-7-3-5-9-13(11)20-16(17)21/h3-10,15,19H,1-2H3,(H,20,21). The second-order valence-corrected chi connectivity index (χ2v) is 5.82. The maximum absolute atomic E-state index is 13.9. The van der Waals surface area contributed by atoms with E-state index in [4.69, 9.17) is 0 Å². The topological polar surface area (TPSA) is 41.1 Å². The highest BCUT2D eigenvalue weighted by Gasteiger charge is 2.42. The van der Waals surface area contributed by atoms with E-state index in [1.165, 1.54) is 6.07 Å². The van der Waals surface area contributed by atoms with Crippen LogP contribution in [-0.4, -0.2) is 5.91 Å². The van der Waals surface area contributed by atoms with Crippen molar-refractivity contribution in [2.45, 2.75) is 19.9 Å². The zero-order valence-corrected chi connectivity index (χ0v) is 12.0. The molecule has 0 saturated carbocycles.